The molecule has 0 saturated carbocycles. The smallest absolute Gasteiger partial charge is 0.171 e. The Bertz CT molecular complexity index is 558. The normalized spacial score (nSPS) is 29.3. The van der Waals surface area contributed by atoms with E-state index in [0.717, 1.165) is 28.8 Å². The van der Waals surface area contributed by atoms with Gasteiger partial charge in [0, 0.05) is 30.5 Å². The molecule has 24 heavy (non-hydrogen) atoms. The maximum Gasteiger partial charge on any atom is 0.171 e. The number of rotatable bonds is 4. The van der Waals surface area contributed by atoms with Crippen molar-refractivity contribution in [3.8, 4) is 0 Å². The van der Waals surface area contributed by atoms with Crippen LogP contribution in [0.3, 0.4) is 0 Å². The Labute approximate surface area is 152 Å². The number of nitrogens with one attached hydrogen (secondary N) is 3. The number of hydrogen-bond acceptors (Lipinski definition) is 1. The molecule has 2 heterocycles. The molecule has 0 aromatic heterocycles. The Kier molecular flexibility index (Phi) is 5.77. The van der Waals surface area contributed by atoms with Gasteiger partial charge in [-0.15, -0.1) is 0 Å². The van der Waals surface area contributed by atoms with Crippen LogP contribution < -0.4 is 15.5 Å². The second-order valence-corrected chi connectivity index (χ2v) is 8.49. The van der Waals surface area contributed by atoms with E-state index in [1.165, 1.54) is 44.2 Å². The molecule has 0 aliphatic carbocycles. The van der Waals surface area contributed by atoms with Crippen molar-refractivity contribution in [2.75, 3.05) is 11.9 Å². The summed E-state index contributed by atoms with van der Waals surface area (Å²) in [4.78, 5) is 1.87. The van der Waals surface area contributed by atoms with E-state index >= 15 is 0 Å². The van der Waals surface area contributed by atoms with Gasteiger partial charge in [-0.3, -0.25) is 0 Å². The second kappa shape index (κ2) is 7.83. The maximum atomic E-state index is 5.58. The summed E-state index contributed by atoms with van der Waals surface area (Å²) in [6.45, 7) is 8.15. The van der Waals surface area contributed by atoms with Crippen molar-refractivity contribution in [2.24, 2.45) is 5.92 Å². The summed E-state index contributed by atoms with van der Waals surface area (Å²) in [6.07, 6.45) is 6.70. The zero-order valence-corrected chi connectivity index (χ0v) is 16.1. The van der Waals surface area contributed by atoms with Gasteiger partial charge >= 0.3 is 0 Å². The maximum absolute atomic E-state index is 5.58. The van der Waals surface area contributed by atoms with Crippen molar-refractivity contribution in [1.29, 1.82) is 0 Å². The average molecular weight is 347 g/mol. The molecule has 1 aromatic rings. The third kappa shape index (κ3) is 4.28. The number of benzene rings is 1. The summed E-state index contributed by atoms with van der Waals surface area (Å²) >= 11 is 5.58. The third-order valence-electron chi connectivity index (χ3n) is 5.66. The largest absolute Gasteiger partial charge is 0.359 e. The van der Waals surface area contributed by atoms with Crippen LogP contribution in [0.1, 0.15) is 51.5 Å². The van der Waals surface area contributed by atoms with Gasteiger partial charge in [0.05, 0.1) is 18.6 Å². The van der Waals surface area contributed by atoms with Crippen LogP contribution in [-0.2, 0) is 0 Å². The van der Waals surface area contributed by atoms with Gasteiger partial charge in [0.2, 0.25) is 0 Å². The highest BCUT2D eigenvalue weighted by atomic mass is 32.1. The summed E-state index contributed by atoms with van der Waals surface area (Å²) in [6, 6.07) is 10.5. The van der Waals surface area contributed by atoms with E-state index in [1.807, 2.05) is 4.90 Å². The van der Waals surface area contributed by atoms with Gasteiger partial charge in [0.1, 0.15) is 0 Å². The lowest BCUT2D eigenvalue weighted by Gasteiger charge is -2.46. The molecule has 132 valence electrons. The Balaban J connectivity index is 1.57. The Morgan fingerprint density at radius 3 is 2.50 bits per heavy atom. The van der Waals surface area contributed by atoms with Gasteiger partial charge in [0.15, 0.2) is 5.11 Å². The number of aryl methyl sites for hydroxylation is 1. The van der Waals surface area contributed by atoms with Crippen LogP contribution >= 0.6 is 12.2 Å². The molecule has 0 radical (unpaired) electrons. The molecule has 3 N–H and O–H groups in total. The lowest BCUT2D eigenvalue weighted by molar-refractivity contribution is -0.963. The predicted molar refractivity (Wildman–Crippen MR) is 106 cm³/mol. The molecule has 2 saturated heterocycles. The fourth-order valence-corrected chi connectivity index (χ4v) is 4.89. The lowest BCUT2D eigenvalue weighted by atomic mass is 9.81. The fraction of sp³-hybridized carbons (Fsp3) is 0.650. The molecule has 0 spiro atoms. The molecule has 4 heteroatoms. The summed E-state index contributed by atoms with van der Waals surface area (Å²) in [5.41, 5.74) is 2.34. The molecule has 4 atom stereocenters. The van der Waals surface area contributed by atoms with E-state index < -0.39 is 0 Å². The van der Waals surface area contributed by atoms with Crippen molar-refractivity contribution in [2.45, 2.75) is 71.0 Å². The van der Waals surface area contributed by atoms with E-state index in [9.17, 15) is 0 Å². The van der Waals surface area contributed by atoms with Gasteiger partial charge in [-0.1, -0.05) is 32.0 Å². The van der Waals surface area contributed by atoms with Gasteiger partial charge in [-0.05, 0) is 50.0 Å². The Morgan fingerprint density at radius 1 is 1.21 bits per heavy atom. The molecule has 2 unspecified atom stereocenters. The van der Waals surface area contributed by atoms with Crippen LogP contribution in [0.25, 0.3) is 0 Å². The van der Waals surface area contributed by atoms with E-state index in [2.05, 4.69) is 55.7 Å². The van der Waals surface area contributed by atoms with Gasteiger partial charge in [-0.2, -0.15) is 0 Å². The second-order valence-electron chi connectivity index (χ2n) is 8.08. The number of fused-ring (bicyclic) bond motifs is 2. The van der Waals surface area contributed by atoms with Crippen molar-refractivity contribution >= 4 is 23.0 Å². The molecular formula is C20H32N3S+. The molecule has 2 fully saturated rings. The molecule has 1 aromatic carbocycles. The van der Waals surface area contributed by atoms with Gasteiger partial charge in [0.25, 0.3) is 0 Å². The first-order chi connectivity index (χ1) is 11.5. The van der Waals surface area contributed by atoms with E-state index in [-0.39, 0.29) is 0 Å². The van der Waals surface area contributed by atoms with Crippen LogP contribution in [0, 0.1) is 12.8 Å². The summed E-state index contributed by atoms with van der Waals surface area (Å²) in [5, 5.41) is 7.76. The van der Waals surface area contributed by atoms with E-state index in [1.54, 1.807) is 0 Å². The first-order valence-electron chi connectivity index (χ1n) is 9.51. The van der Waals surface area contributed by atoms with Gasteiger partial charge in [-0.25, -0.2) is 0 Å². The standard InChI is InChI=1S/C20H31N3S/c1-14(2)13-23-17-8-6-9-18(23)12-16(11-17)21-20(24)22-19-10-5-4-7-15(19)3/h4-5,7,10,14,16-18H,6,8-9,11-13H2,1-3H3,(H2,21,22,24)/p+1/t16?,17-,18+. The number of thiocarbonyl (C=S) groups is 1. The number of piperidine rings is 2. The molecule has 0 amide bonds. The number of para-hydroxylation sites is 1. The predicted octanol–water partition coefficient (Wildman–Crippen LogP) is 2.91. The summed E-state index contributed by atoms with van der Waals surface area (Å²) in [7, 11) is 0. The van der Waals surface area contributed by atoms with Crippen LogP contribution in [0.5, 0.6) is 0 Å². The van der Waals surface area contributed by atoms with Gasteiger partial charge < -0.3 is 15.5 Å². The summed E-state index contributed by atoms with van der Waals surface area (Å²) in [5.74, 6) is 0.788. The van der Waals surface area contributed by atoms with Crippen LogP contribution in [0.4, 0.5) is 5.69 Å². The monoisotopic (exact) mass is 346 g/mol. The zero-order valence-electron chi connectivity index (χ0n) is 15.3. The minimum Gasteiger partial charge on any atom is -0.359 e. The number of quaternary nitrogens is 1. The lowest BCUT2D eigenvalue weighted by Crippen LogP contribution is -3.21. The Morgan fingerprint density at radius 2 is 1.88 bits per heavy atom. The number of anilines is 1. The third-order valence-corrected chi connectivity index (χ3v) is 5.88. The first kappa shape index (κ1) is 17.7. The van der Waals surface area contributed by atoms with Crippen molar-refractivity contribution in [1.82, 2.24) is 5.32 Å². The quantitative estimate of drug-likeness (QED) is 0.732. The molecule has 2 aliphatic heterocycles. The molecule has 2 bridgehead atoms. The molecule has 3 nitrogen and oxygen atoms in total. The highest BCUT2D eigenvalue weighted by Crippen LogP contribution is 2.23. The molecule has 3 rings (SSSR count). The highest BCUT2D eigenvalue weighted by Gasteiger charge is 2.41. The van der Waals surface area contributed by atoms with E-state index in [0.29, 0.717) is 6.04 Å². The summed E-state index contributed by atoms with van der Waals surface area (Å²) < 4.78 is 0. The van der Waals surface area contributed by atoms with Crippen molar-refractivity contribution < 1.29 is 4.90 Å². The Hall–Kier alpha value is -1.13. The first-order valence-corrected chi connectivity index (χ1v) is 9.92. The van der Waals surface area contributed by atoms with Crippen molar-refractivity contribution in [3.63, 3.8) is 0 Å². The van der Waals surface area contributed by atoms with E-state index in [4.69, 9.17) is 12.2 Å². The topological polar surface area (TPSA) is 28.5 Å². The SMILES string of the molecule is Cc1ccccc1NC(=S)NC1C[C@H]2CCC[C@@H](C1)[NH+]2CC(C)C. The minimum atomic E-state index is 0.528. The minimum absolute atomic E-state index is 0.528. The van der Waals surface area contributed by atoms with Crippen molar-refractivity contribution in [3.05, 3.63) is 29.8 Å². The van der Waals surface area contributed by atoms with Crippen LogP contribution in [0.15, 0.2) is 24.3 Å². The molecule has 2 aliphatic rings. The van der Waals surface area contributed by atoms with Crippen LogP contribution in [0.2, 0.25) is 0 Å². The zero-order chi connectivity index (χ0) is 17.1. The number of hydrogen-bond donors (Lipinski definition) is 3. The van der Waals surface area contributed by atoms with Crippen LogP contribution in [-0.4, -0.2) is 29.8 Å². The molecular weight excluding hydrogens is 314 g/mol. The fourth-order valence-electron chi connectivity index (χ4n) is 4.62. The average Bonchev–Trinajstić information content (AvgIpc) is 2.50. The highest BCUT2D eigenvalue weighted by molar-refractivity contribution is 7.80.